The van der Waals surface area contributed by atoms with Gasteiger partial charge in [-0.15, -0.1) is 0 Å². The Kier molecular flexibility index (Phi) is 9.55. The van der Waals surface area contributed by atoms with Crippen molar-refractivity contribution in [3.05, 3.63) is 76.9 Å². The molecule has 1 aliphatic rings. The molecule has 0 aliphatic carbocycles. The van der Waals surface area contributed by atoms with Crippen LogP contribution in [0.1, 0.15) is 63.1 Å². The predicted molar refractivity (Wildman–Crippen MR) is 133 cm³/mol. The third-order valence-corrected chi connectivity index (χ3v) is 6.39. The van der Waals surface area contributed by atoms with Crippen LogP contribution in [0.25, 0.3) is 5.76 Å². The van der Waals surface area contributed by atoms with Crippen LogP contribution in [0.4, 0.5) is 8.78 Å². The van der Waals surface area contributed by atoms with Crippen molar-refractivity contribution in [2.75, 3.05) is 26.2 Å². The molecule has 3 rings (SSSR count). The Balaban J connectivity index is 1.92. The van der Waals surface area contributed by atoms with E-state index in [9.17, 15) is 23.5 Å². The fourth-order valence-corrected chi connectivity index (χ4v) is 4.46. The summed E-state index contributed by atoms with van der Waals surface area (Å²) >= 11 is 0. The predicted octanol–water partition coefficient (Wildman–Crippen LogP) is 5.68. The largest absolute Gasteiger partial charge is 0.507 e. The Hall–Kier alpha value is -3.06. The highest BCUT2D eigenvalue weighted by Crippen LogP contribution is 2.40. The molecule has 1 N–H and O–H groups in total. The zero-order valence-corrected chi connectivity index (χ0v) is 20.5. The number of aliphatic hydroxyl groups is 1. The summed E-state index contributed by atoms with van der Waals surface area (Å²) in [5.41, 5.74) is 0.153. The van der Waals surface area contributed by atoms with Crippen molar-refractivity contribution >= 4 is 17.4 Å². The zero-order valence-electron chi connectivity index (χ0n) is 20.5. The van der Waals surface area contributed by atoms with E-state index in [0.717, 1.165) is 57.5 Å². The number of hydrogen-bond acceptors (Lipinski definition) is 4. The summed E-state index contributed by atoms with van der Waals surface area (Å²) in [5, 5.41) is 11.0. The number of hydrogen-bond donors (Lipinski definition) is 1. The molecule has 0 bridgehead atoms. The van der Waals surface area contributed by atoms with Crippen molar-refractivity contribution in [1.82, 2.24) is 9.80 Å². The summed E-state index contributed by atoms with van der Waals surface area (Å²) < 4.78 is 28.3. The Morgan fingerprint density at radius 3 is 2.11 bits per heavy atom. The Morgan fingerprint density at radius 1 is 0.914 bits per heavy atom. The van der Waals surface area contributed by atoms with Gasteiger partial charge in [0.15, 0.2) is 0 Å². The number of ketones is 1. The maximum atomic E-state index is 14.9. The first-order valence-electron chi connectivity index (χ1n) is 12.4. The summed E-state index contributed by atoms with van der Waals surface area (Å²) in [5.74, 6) is -3.14. The van der Waals surface area contributed by atoms with Crippen molar-refractivity contribution in [2.24, 2.45) is 0 Å². The zero-order chi connectivity index (χ0) is 25.4. The number of Topliss-reactive ketones (excluding diaryl/α,β-unsaturated/α-hetero) is 1. The van der Waals surface area contributed by atoms with Crippen molar-refractivity contribution in [3.63, 3.8) is 0 Å². The summed E-state index contributed by atoms with van der Waals surface area (Å²) in [6.45, 7) is 7.23. The second-order valence-corrected chi connectivity index (χ2v) is 8.92. The van der Waals surface area contributed by atoms with E-state index >= 15 is 0 Å². The number of likely N-dealkylation sites (tertiary alicyclic amines) is 1. The van der Waals surface area contributed by atoms with E-state index in [-0.39, 0.29) is 23.2 Å². The van der Waals surface area contributed by atoms with Gasteiger partial charge in [-0.2, -0.15) is 0 Å². The van der Waals surface area contributed by atoms with Gasteiger partial charge in [-0.05, 0) is 69.2 Å². The van der Waals surface area contributed by atoms with Crippen LogP contribution in [0, 0.1) is 11.6 Å². The number of carbonyl (C=O) groups is 2. The lowest BCUT2D eigenvalue weighted by Crippen LogP contribution is -2.34. The molecule has 1 saturated heterocycles. The first-order chi connectivity index (χ1) is 16.9. The van der Waals surface area contributed by atoms with Gasteiger partial charge in [0.25, 0.3) is 11.7 Å². The molecule has 2 aromatic carbocycles. The summed E-state index contributed by atoms with van der Waals surface area (Å²) in [7, 11) is 0. The van der Waals surface area contributed by atoms with Crippen molar-refractivity contribution in [2.45, 2.75) is 52.0 Å². The molecular formula is C28H34F2N2O3. The van der Waals surface area contributed by atoms with Crippen LogP contribution in [-0.4, -0.2) is 52.8 Å². The van der Waals surface area contributed by atoms with Gasteiger partial charge < -0.3 is 14.9 Å². The van der Waals surface area contributed by atoms with Crippen LogP contribution in [0.2, 0.25) is 0 Å². The molecule has 188 valence electrons. The Morgan fingerprint density at radius 2 is 1.51 bits per heavy atom. The third kappa shape index (κ3) is 6.34. The lowest BCUT2D eigenvalue weighted by atomic mass is 9.95. The molecule has 7 heteroatoms. The molecule has 35 heavy (non-hydrogen) atoms. The average molecular weight is 485 g/mol. The van der Waals surface area contributed by atoms with Gasteiger partial charge in [0.2, 0.25) is 0 Å². The van der Waals surface area contributed by atoms with E-state index in [1.165, 1.54) is 35.2 Å². The van der Waals surface area contributed by atoms with Crippen LogP contribution in [0.15, 0.2) is 54.1 Å². The van der Waals surface area contributed by atoms with Crippen molar-refractivity contribution < 1.29 is 23.5 Å². The standard InChI is InChI=1S/C28H34F2N2O3/c1-3-5-16-31(17-6-4-2)18-9-19-32-25(22-10-7-8-11-23(22)30)24(27(34)28(32)35)26(33)20-12-14-21(29)15-13-20/h7-8,10-15,25,33H,3-6,9,16-19H2,1-2H3/b26-24+. The number of halogens is 2. The lowest BCUT2D eigenvalue weighted by molar-refractivity contribution is -0.140. The molecule has 0 radical (unpaired) electrons. The third-order valence-electron chi connectivity index (χ3n) is 6.39. The van der Waals surface area contributed by atoms with E-state index in [2.05, 4.69) is 18.7 Å². The van der Waals surface area contributed by atoms with E-state index in [0.29, 0.717) is 6.42 Å². The summed E-state index contributed by atoms with van der Waals surface area (Å²) in [6, 6.07) is 9.87. The highest BCUT2D eigenvalue weighted by atomic mass is 19.1. The van der Waals surface area contributed by atoms with Gasteiger partial charge in [0, 0.05) is 17.7 Å². The quantitative estimate of drug-likeness (QED) is 0.239. The number of nitrogens with zero attached hydrogens (tertiary/aromatic N) is 2. The fourth-order valence-electron chi connectivity index (χ4n) is 4.46. The normalized spacial score (nSPS) is 17.5. The first kappa shape index (κ1) is 26.5. The molecule has 1 amide bonds. The lowest BCUT2D eigenvalue weighted by Gasteiger charge is -2.27. The molecule has 1 fully saturated rings. The molecule has 0 aromatic heterocycles. The minimum atomic E-state index is -1.05. The molecule has 5 nitrogen and oxygen atoms in total. The van der Waals surface area contributed by atoms with Crippen LogP contribution in [0.5, 0.6) is 0 Å². The van der Waals surface area contributed by atoms with Crippen molar-refractivity contribution in [1.29, 1.82) is 0 Å². The van der Waals surface area contributed by atoms with E-state index in [4.69, 9.17) is 0 Å². The summed E-state index contributed by atoms with van der Waals surface area (Å²) in [6.07, 6.45) is 4.96. The average Bonchev–Trinajstić information content (AvgIpc) is 3.10. The Labute approximate surface area is 206 Å². The molecule has 0 spiro atoms. The maximum Gasteiger partial charge on any atom is 0.295 e. The topological polar surface area (TPSA) is 60.9 Å². The molecular weight excluding hydrogens is 450 g/mol. The fraction of sp³-hybridized carbons (Fsp3) is 0.429. The molecule has 1 aliphatic heterocycles. The van der Waals surface area contributed by atoms with Crippen LogP contribution < -0.4 is 0 Å². The van der Waals surface area contributed by atoms with Crippen LogP contribution in [-0.2, 0) is 9.59 Å². The summed E-state index contributed by atoms with van der Waals surface area (Å²) in [4.78, 5) is 29.8. The minimum Gasteiger partial charge on any atom is -0.507 e. The van der Waals surface area contributed by atoms with Gasteiger partial charge in [0.1, 0.15) is 17.4 Å². The molecule has 2 aromatic rings. The number of unbranched alkanes of at least 4 members (excludes halogenated alkanes) is 2. The van der Waals surface area contributed by atoms with Crippen LogP contribution in [0.3, 0.4) is 0 Å². The number of rotatable bonds is 12. The highest BCUT2D eigenvalue weighted by molar-refractivity contribution is 6.46. The number of benzene rings is 2. The number of aliphatic hydroxyl groups excluding tert-OH is 1. The maximum absolute atomic E-state index is 14.9. The minimum absolute atomic E-state index is 0.143. The van der Waals surface area contributed by atoms with Gasteiger partial charge in [-0.1, -0.05) is 44.9 Å². The van der Waals surface area contributed by atoms with Gasteiger partial charge in [-0.25, -0.2) is 8.78 Å². The van der Waals surface area contributed by atoms with Gasteiger partial charge >= 0.3 is 0 Å². The first-order valence-corrected chi connectivity index (χ1v) is 12.4. The molecule has 0 saturated carbocycles. The second-order valence-electron chi connectivity index (χ2n) is 8.92. The SMILES string of the molecule is CCCCN(CCCC)CCCN1C(=O)C(=O)/C(=C(/O)c2ccc(F)cc2)C1c1ccccc1F. The Bertz CT molecular complexity index is 1040. The van der Waals surface area contributed by atoms with Gasteiger partial charge in [0.05, 0.1) is 11.6 Å². The van der Waals surface area contributed by atoms with E-state index < -0.39 is 35.1 Å². The molecule has 1 heterocycles. The molecule has 1 atom stereocenters. The highest BCUT2D eigenvalue weighted by Gasteiger charge is 2.46. The smallest absolute Gasteiger partial charge is 0.295 e. The van der Waals surface area contributed by atoms with Crippen molar-refractivity contribution in [3.8, 4) is 0 Å². The monoisotopic (exact) mass is 484 g/mol. The van der Waals surface area contributed by atoms with Crippen LogP contribution >= 0.6 is 0 Å². The molecule has 1 unspecified atom stereocenters. The van der Waals surface area contributed by atoms with Gasteiger partial charge in [-0.3, -0.25) is 9.59 Å². The van der Waals surface area contributed by atoms with E-state index in [1.54, 1.807) is 6.07 Å². The van der Waals surface area contributed by atoms with E-state index in [1.807, 2.05) is 0 Å². The second kappa shape index (κ2) is 12.6. The number of amides is 1. The number of carbonyl (C=O) groups excluding carboxylic acids is 2.